The van der Waals surface area contributed by atoms with Crippen molar-refractivity contribution >= 4 is 5.97 Å². The summed E-state index contributed by atoms with van der Waals surface area (Å²) in [6.45, 7) is 9.16. The summed E-state index contributed by atoms with van der Waals surface area (Å²) in [6, 6.07) is 6.99. The van der Waals surface area contributed by atoms with Crippen LogP contribution in [0.5, 0.6) is 5.75 Å². The summed E-state index contributed by atoms with van der Waals surface area (Å²) in [4.78, 5) is 11.4. The highest BCUT2D eigenvalue weighted by molar-refractivity contribution is 5.89. The fourth-order valence-electron chi connectivity index (χ4n) is 2.42. The molecule has 0 unspecified atom stereocenters. The molecule has 3 nitrogen and oxygen atoms in total. The largest absolute Gasteiger partial charge is 0.490 e. The van der Waals surface area contributed by atoms with Crippen molar-refractivity contribution in [3.8, 4) is 5.75 Å². The van der Waals surface area contributed by atoms with Crippen molar-refractivity contribution in [1.29, 1.82) is 0 Å². The predicted octanol–water partition coefficient (Wildman–Crippen LogP) is 6.27. The number of hydrogen-bond acceptors (Lipinski definition) is 3. The summed E-state index contributed by atoms with van der Waals surface area (Å²) in [6.07, 6.45) is 11.1. The summed E-state index contributed by atoms with van der Waals surface area (Å²) < 4.78 is 10.4. The zero-order valence-corrected chi connectivity index (χ0v) is 16.8. The fourth-order valence-corrected chi connectivity index (χ4v) is 2.42. The van der Waals surface area contributed by atoms with Crippen molar-refractivity contribution in [2.75, 3.05) is 13.7 Å². The zero-order valence-electron chi connectivity index (χ0n) is 16.8. The minimum Gasteiger partial charge on any atom is -0.490 e. The highest BCUT2D eigenvalue weighted by Gasteiger charge is 2.04. The lowest BCUT2D eigenvalue weighted by Crippen LogP contribution is -2.01. The first kappa shape index (κ1) is 21.8. The van der Waals surface area contributed by atoms with Crippen LogP contribution >= 0.6 is 0 Å². The molecule has 0 fully saturated rings. The molecule has 0 aliphatic heterocycles. The molecule has 26 heavy (non-hydrogen) atoms. The lowest BCUT2D eigenvalue weighted by atomic mass is 10.1. The van der Waals surface area contributed by atoms with Crippen molar-refractivity contribution < 1.29 is 14.3 Å². The molecule has 0 spiro atoms. The Balaban J connectivity index is 2.33. The van der Waals surface area contributed by atoms with Gasteiger partial charge < -0.3 is 9.47 Å². The van der Waals surface area contributed by atoms with Crippen LogP contribution in [0.3, 0.4) is 0 Å². The summed E-state index contributed by atoms with van der Waals surface area (Å²) in [5.41, 5.74) is 4.69. The summed E-state index contributed by atoms with van der Waals surface area (Å²) in [7, 11) is 1.38. The molecule has 3 heteroatoms. The maximum absolute atomic E-state index is 11.4. The van der Waals surface area contributed by atoms with Gasteiger partial charge in [0.15, 0.2) is 0 Å². The number of hydrogen-bond donors (Lipinski definition) is 0. The van der Waals surface area contributed by atoms with E-state index in [0.29, 0.717) is 12.2 Å². The molecular weight excluding hydrogens is 324 g/mol. The van der Waals surface area contributed by atoms with Crippen LogP contribution in [0.25, 0.3) is 0 Å². The Labute approximate surface area is 158 Å². The topological polar surface area (TPSA) is 35.5 Å². The third-order valence-corrected chi connectivity index (χ3v) is 4.08. The van der Waals surface area contributed by atoms with Crippen LogP contribution in [0.15, 0.2) is 59.2 Å². The number of esters is 1. The third kappa shape index (κ3) is 9.26. The van der Waals surface area contributed by atoms with Crippen molar-refractivity contribution in [2.45, 2.75) is 53.4 Å². The van der Waals surface area contributed by atoms with E-state index in [2.05, 4.69) is 50.7 Å². The Morgan fingerprint density at radius 3 is 2.04 bits per heavy atom. The van der Waals surface area contributed by atoms with Crippen molar-refractivity contribution in [3.63, 3.8) is 0 Å². The van der Waals surface area contributed by atoms with Crippen LogP contribution in [0, 0.1) is 0 Å². The number of methoxy groups -OCH3 is 1. The molecule has 0 aliphatic rings. The Kier molecular flexibility index (Phi) is 10.1. The molecule has 1 aromatic rings. The van der Waals surface area contributed by atoms with Crippen molar-refractivity contribution in [2.24, 2.45) is 0 Å². The first-order chi connectivity index (χ1) is 12.4. The maximum atomic E-state index is 11.4. The standard InChI is InChI=1S/C23H32O3/c1-18(2)8-6-9-19(3)10-7-11-20(4)16-17-26-22-14-12-21(13-15-22)23(24)25-5/h8,10,12-16H,6-7,9,11,17H2,1-5H3. The van der Waals surface area contributed by atoms with Crippen molar-refractivity contribution in [1.82, 2.24) is 0 Å². The number of rotatable bonds is 10. The Hall–Kier alpha value is -2.29. The summed E-state index contributed by atoms with van der Waals surface area (Å²) in [5, 5.41) is 0. The minimum atomic E-state index is -0.337. The number of carbonyl (C=O) groups is 1. The number of allylic oxidation sites excluding steroid dienone is 5. The second-order valence-corrected chi connectivity index (χ2v) is 6.79. The molecule has 0 amide bonds. The van der Waals surface area contributed by atoms with Crippen LogP contribution in [0.1, 0.15) is 63.7 Å². The lowest BCUT2D eigenvalue weighted by Gasteiger charge is -2.06. The highest BCUT2D eigenvalue weighted by Crippen LogP contribution is 2.14. The first-order valence-electron chi connectivity index (χ1n) is 9.18. The third-order valence-electron chi connectivity index (χ3n) is 4.08. The van der Waals surface area contributed by atoms with Crippen LogP contribution in [-0.2, 0) is 4.74 Å². The van der Waals surface area contributed by atoms with Gasteiger partial charge in [0, 0.05) is 0 Å². The second-order valence-electron chi connectivity index (χ2n) is 6.79. The lowest BCUT2D eigenvalue weighted by molar-refractivity contribution is 0.0600. The van der Waals surface area contributed by atoms with Gasteiger partial charge in [-0.15, -0.1) is 0 Å². The van der Waals surface area contributed by atoms with Gasteiger partial charge in [-0.3, -0.25) is 0 Å². The minimum absolute atomic E-state index is 0.337. The van der Waals surface area contributed by atoms with Gasteiger partial charge in [0.25, 0.3) is 0 Å². The van der Waals surface area contributed by atoms with Gasteiger partial charge in [-0.1, -0.05) is 28.9 Å². The molecule has 0 aliphatic carbocycles. The second kappa shape index (κ2) is 12.1. The summed E-state index contributed by atoms with van der Waals surface area (Å²) in [5.74, 6) is 0.410. The van der Waals surface area contributed by atoms with Gasteiger partial charge in [-0.25, -0.2) is 4.79 Å². The predicted molar refractivity (Wildman–Crippen MR) is 109 cm³/mol. The van der Waals surface area contributed by atoms with E-state index < -0.39 is 0 Å². The van der Waals surface area contributed by atoms with Crippen molar-refractivity contribution in [3.05, 3.63) is 64.8 Å². The quantitative estimate of drug-likeness (QED) is 0.366. The summed E-state index contributed by atoms with van der Waals surface area (Å²) >= 11 is 0. The van der Waals surface area contributed by atoms with Gasteiger partial charge >= 0.3 is 5.97 Å². The van der Waals surface area contributed by atoms with E-state index in [1.165, 1.54) is 23.8 Å². The SMILES string of the molecule is COC(=O)c1ccc(OCC=C(C)CCC=C(C)CCC=C(C)C)cc1. The van der Waals surface area contributed by atoms with Crippen LogP contribution < -0.4 is 4.74 Å². The molecule has 0 saturated heterocycles. The van der Waals surface area contributed by atoms with E-state index in [-0.39, 0.29) is 5.97 Å². The van der Waals surface area contributed by atoms with E-state index in [4.69, 9.17) is 4.74 Å². The van der Waals surface area contributed by atoms with Gasteiger partial charge in [-0.2, -0.15) is 0 Å². The zero-order chi connectivity index (χ0) is 19.4. The smallest absolute Gasteiger partial charge is 0.337 e. The average Bonchev–Trinajstić information content (AvgIpc) is 2.61. The number of ether oxygens (including phenoxy) is 2. The molecule has 0 aromatic heterocycles. The van der Waals surface area contributed by atoms with Crippen LogP contribution in [0.2, 0.25) is 0 Å². The molecule has 0 heterocycles. The van der Waals surface area contributed by atoms with E-state index in [1.54, 1.807) is 24.3 Å². The maximum Gasteiger partial charge on any atom is 0.337 e. The number of benzene rings is 1. The molecule has 1 rings (SSSR count). The normalized spacial score (nSPS) is 11.9. The van der Waals surface area contributed by atoms with Gasteiger partial charge in [0.05, 0.1) is 12.7 Å². The molecule has 0 N–H and O–H groups in total. The Morgan fingerprint density at radius 2 is 1.46 bits per heavy atom. The molecule has 0 atom stereocenters. The van der Waals surface area contributed by atoms with E-state index >= 15 is 0 Å². The molecule has 142 valence electrons. The monoisotopic (exact) mass is 356 g/mol. The van der Waals surface area contributed by atoms with Gasteiger partial charge in [0.1, 0.15) is 12.4 Å². The Morgan fingerprint density at radius 1 is 0.885 bits per heavy atom. The molecule has 0 bridgehead atoms. The van der Waals surface area contributed by atoms with Crippen LogP contribution in [0.4, 0.5) is 0 Å². The first-order valence-corrected chi connectivity index (χ1v) is 9.18. The van der Waals surface area contributed by atoms with E-state index in [9.17, 15) is 4.79 Å². The fraction of sp³-hybridized carbons (Fsp3) is 0.435. The van der Waals surface area contributed by atoms with E-state index in [1.807, 2.05) is 0 Å². The molecular formula is C23H32O3. The molecule has 0 saturated carbocycles. The van der Waals surface area contributed by atoms with Gasteiger partial charge in [0.2, 0.25) is 0 Å². The van der Waals surface area contributed by atoms with E-state index in [0.717, 1.165) is 31.4 Å². The average molecular weight is 357 g/mol. The molecule has 1 aromatic carbocycles. The Bertz CT molecular complexity index is 645. The highest BCUT2D eigenvalue weighted by atomic mass is 16.5. The number of carbonyl (C=O) groups excluding carboxylic acids is 1. The van der Waals surface area contributed by atoms with Gasteiger partial charge in [-0.05, 0) is 83.7 Å². The molecule has 0 radical (unpaired) electrons. The van der Waals surface area contributed by atoms with Crippen LogP contribution in [-0.4, -0.2) is 19.7 Å².